The molecule has 0 bridgehead atoms. The molecule has 5 heteroatoms. The summed E-state index contributed by atoms with van der Waals surface area (Å²) in [7, 11) is 3.95. The van der Waals surface area contributed by atoms with Gasteiger partial charge < -0.3 is 15.1 Å². The highest BCUT2D eigenvalue weighted by molar-refractivity contribution is 14.0. The van der Waals surface area contributed by atoms with Gasteiger partial charge in [-0.05, 0) is 51.7 Å². The Kier molecular flexibility index (Phi) is 12.3. The molecular weight excluding hydrogens is 363 g/mol. The maximum atomic E-state index is 4.33. The van der Waals surface area contributed by atoms with Crippen LogP contribution in [0.1, 0.15) is 32.1 Å². The minimum atomic E-state index is 0. The van der Waals surface area contributed by atoms with E-state index >= 15 is 0 Å². The first kappa shape index (κ1) is 19.7. The second-order valence-corrected chi connectivity index (χ2v) is 5.23. The highest BCUT2D eigenvalue weighted by atomic mass is 127. The van der Waals surface area contributed by atoms with Gasteiger partial charge in [-0.3, -0.25) is 4.99 Å². The van der Waals surface area contributed by atoms with E-state index in [0.29, 0.717) is 0 Å². The fraction of sp³-hybridized carbons (Fsp3) is 0.800. The molecule has 118 valence electrons. The van der Waals surface area contributed by atoms with E-state index in [1.54, 1.807) is 0 Å². The molecule has 0 aromatic carbocycles. The van der Waals surface area contributed by atoms with Crippen molar-refractivity contribution in [2.45, 2.75) is 32.1 Å². The third-order valence-electron chi connectivity index (χ3n) is 3.61. The van der Waals surface area contributed by atoms with Crippen molar-refractivity contribution in [3.63, 3.8) is 0 Å². The zero-order valence-electron chi connectivity index (χ0n) is 13.1. The summed E-state index contributed by atoms with van der Waals surface area (Å²) in [5, 5.41) is 3.44. The van der Waals surface area contributed by atoms with Gasteiger partial charge in [0.15, 0.2) is 5.96 Å². The molecule has 1 fully saturated rings. The Morgan fingerprint density at radius 3 is 2.65 bits per heavy atom. The van der Waals surface area contributed by atoms with Gasteiger partial charge in [-0.2, -0.15) is 0 Å². The smallest absolute Gasteiger partial charge is 0.193 e. The third kappa shape index (κ3) is 8.09. The zero-order chi connectivity index (χ0) is 13.9. The summed E-state index contributed by atoms with van der Waals surface area (Å²) in [5.41, 5.74) is 0. The van der Waals surface area contributed by atoms with Gasteiger partial charge in [0.05, 0.1) is 0 Å². The van der Waals surface area contributed by atoms with Crippen LogP contribution >= 0.6 is 24.0 Å². The predicted molar refractivity (Wildman–Crippen MR) is 99.1 cm³/mol. The van der Waals surface area contributed by atoms with Crippen molar-refractivity contribution in [1.29, 1.82) is 0 Å². The second kappa shape index (κ2) is 12.4. The molecule has 20 heavy (non-hydrogen) atoms. The number of hydrogen-bond donors (Lipinski definition) is 1. The average Bonchev–Trinajstić information content (AvgIpc) is 2.92. The zero-order valence-corrected chi connectivity index (χ0v) is 15.4. The summed E-state index contributed by atoms with van der Waals surface area (Å²) in [4.78, 5) is 9.08. The highest BCUT2D eigenvalue weighted by Gasteiger charge is 2.10. The number of likely N-dealkylation sites (tertiary alicyclic amines) is 1. The van der Waals surface area contributed by atoms with Crippen molar-refractivity contribution in [3.05, 3.63) is 12.7 Å². The first-order chi connectivity index (χ1) is 9.27. The molecule has 0 aliphatic carbocycles. The molecule has 0 aromatic heterocycles. The average molecular weight is 394 g/mol. The number of hydrogen-bond acceptors (Lipinski definition) is 2. The van der Waals surface area contributed by atoms with E-state index in [4.69, 9.17) is 0 Å². The number of nitrogens with zero attached hydrogens (tertiary/aromatic N) is 3. The number of nitrogens with one attached hydrogen (secondary N) is 1. The summed E-state index contributed by atoms with van der Waals surface area (Å²) >= 11 is 0. The van der Waals surface area contributed by atoms with Gasteiger partial charge in [-0.25, -0.2) is 0 Å². The van der Waals surface area contributed by atoms with E-state index in [1.807, 2.05) is 13.1 Å². The lowest BCUT2D eigenvalue weighted by Crippen LogP contribution is -2.40. The monoisotopic (exact) mass is 394 g/mol. The van der Waals surface area contributed by atoms with Crippen molar-refractivity contribution in [2.75, 3.05) is 46.8 Å². The SMILES string of the molecule is C=CCCCN(C)C(=NC)NCCCN1CCCC1.I. The summed E-state index contributed by atoms with van der Waals surface area (Å²) in [6.45, 7) is 9.57. The van der Waals surface area contributed by atoms with Crippen molar-refractivity contribution >= 4 is 29.9 Å². The van der Waals surface area contributed by atoms with Crippen molar-refractivity contribution in [1.82, 2.24) is 15.1 Å². The molecule has 0 saturated carbocycles. The number of allylic oxidation sites excluding steroid dienone is 1. The van der Waals surface area contributed by atoms with Crippen LogP contribution in [-0.4, -0.2) is 62.6 Å². The van der Waals surface area contributed by atoms with E-state index in [-0.39, 0.29) is 24.0 Å². The fourth-order valence-corrected chi connectivity index (χ4v) is 2.47. The largest absolute Gasteiger partial charge is 0.356 e. The van der Waals surface area contributed by atoms with Gasteiger partial charge in [0.25, 0.3) is 0 Å². The molecule has 0 radical (unpaired) electrons. The maximum Gasteiger partial charge on any atom is 0.193 e. The van der Waals surface area contributed by atoms with Gasteiger partial charge in [-0.1, -0.05) is 6.08 Å². The van der Waals surface area contributed by atoms with Gasteiger partial charge in [0.1, 0.15) is 0 Å². The van der Waals surface area contributed by atoms with E-state index in [1.165, 1.54) is 38.9 Å². The highest BCUT2D eigenvalue weighted by Crippen LogP contribution is 2.06. The molecule has 0 amide bonds. The predicted octanol–water partition coefficient (Wildman–Crippen LogP) is 2.56. The number of guanidine groups is 1. The van der Waals surface area contributed by atoms with Crippen LogP contribution in [-0.2, 0) is 0 Å². The van der Waals surface area contributed by atoms with Crippen molar-refractivity contribution in [3.8, 4) is 0 Å². The Labute approximate surface area is 141 Å². The molecule has 0 unspecified atom stereocenters. The molecule has 0 atom stereocenters. The summed E-state index contributed by atoms with van der Waals surface area (Å²) < 4.78 is 0. The molecule has 1 N–H and O–H groups in total. The number of unbranched alkanes of at least 4 members (excludes halogenated alkanes) is 1. The van der Waals surface area contributed by atoms with E-state index < -0.39 is 0 Å². The fourth-order valence-electron chi connectivity index (χ4n) is 2.47. The van der Waals surface area contributed by atoms with E-state index in [0.717, 1.165) is 31.9 Å². The number of aliphatic imine (C=N–C) groups is 1. The summed E-state index contributed by atoms with van der Waals surface area (Å²) in [6, 6.07) is 0. The molecule has 1 rings (SSSR count). The van der Waals surface area contributed by atoms with Crippen molar-refractivity contribution < 1.29 is 0 Å². The Morgan fingerprint density at radius 2 is 2.05 bits per heavy atom. The van der Waals surface area contributed by atoms with E-state index in [2.05, 4.69) is 33.7 Å². The first-order valence-electron chi connectivity index (χ1n) is 7.53. The molecule has 4 nitrogen and oxygen atoms in total. The van der Waals surface area contributed by atoms with Gasteiger partial charge in [-0.15, -0.1) is 30.6 Å². The van der Waals surface area contributed by atoms with Crippen molar-refractivity contribution in [2.24, 2.45) is 4.99 Å². The molecule has 1 aliphatic heterocycles. The van der Waals surface area contributed by atoms with Gasteiger partial charge >= 0.3 is 0 Å². The Bertz CT molecular complexity index is 275. The quantitative estimate of drug-likeness (QED) is 0.226. The lowest BCUT2D eigenvalue weighted by atomic mass is 10.3. The molecule has 1 aliphatic rings. The summed E-state index contributed by atoms with van der Waals surface area (Å²) in [5.74, 6) is 1.01. The Morgan fingerprint density at radius 1 is 1.35 bits per heavy atom. The van der Waals surface area contributed by atoms with Crippen LogP contribution in [0, 0.1) is 0 Å². The van der Waals surface area contributed by atoms with Crippen LogP contribution in [0.4, 0.5) is 0 Å². The molecule has 1 heterocycles. The van der Waals surface area contributed by atoms with Crippen LogP contribution in [0.25, 0.3) is 0 Å². The van der Waals surface area contributed by atoms with E-state index in [9.17, 15) is 0 Å². The normalized spacial score (nSPS) is 15.8. The molecular formula is C15H31IN4. The number of rotatable bonds is 8. The molecule has 0 aromatic rings. The summed E-state index contributed by atoms with van der Waals surface area (Å²) in [6.07, 6.45) is 8.12. The lowest BCUT2D eigenvalue weighted by Gasteiger charge is -2.22. The van der Waals surface area contributed by atoms with Crippen LogP contribution < -0.4 is 5.32 Å². The Balaban J connectivity index is 0.00000361. The maximum absolute atomic E-state index is 4.33. The van der Waals surface area contributed by atoms with Crippen LogP contribution in [0.5, 0.6) is 0 Å². The minimum absolute atomic E-state index is 0. The third-order valence-corrected chi connectivity index (χ3v) is 3.61. The number of halogens is 1. The van der Waals surface area contributed by atoms with Crippen LogP contribution in [0.2, 0.25) is 0 Å². The lowest BCUT2D eigenvalue weighted by molar-refractivity contribution is 0.333. The molecule has 0 spiro atoms. The van der Waals surface area contributed by atoms with Crippen LogP contribution in [0.3, 0.4) is 0 Å². The first-order valence-corrected chi connectivity index (χ1v) is 7.53. The molecule has 1 saturated heterocycles. The van der Waals surface area contributed by atoms with Gasteiger partial charge in [0.2, 0.25) is 0 Å². The topological polar surface area (TPSA) is 30.9 Å². The van der Waals surface area contributed by atoms with Gasteiger partial charge in [0, 0.05) is 27.2 Å². The standard InChI is InChI=1S/C15H30N4.HI/c1-4-5-6-11-18(3)15(16-2)17-10-9-14-19-12-7-8-13-19;/h4H,1,5-14H2,2-3H3,(H,16,17);1H. The Hall–Kier alpha value is -0.300. The van der Waals surface area contributed by atoms with Crippen LogP contribution in [0.15, 0.2) is 17.6 Å². The second-order valence-electron chi connectivity index (χ2n) is 5.23. The minimum Gasteiger partial charge on any atom is -0.356 e.